The van der Waals surface area contributed by atoms with E-state index in [0.717, 1.165) is 22.2 Å². The van der Waals surface area contributed by atoms with Crippen LogP contribution in [0, 0.1) is 0 Å². The van der Waals surface area contributed by atoms with Gasteiger partial charge in [-0.15, -0.1) is 0 Å². The predicted octanol–water partition coefficient (Wildman–Crippen LogP) is 5.11. The topological polar surface area (TPSA) is 120 Å². The highest BCUT2D eigenvalue weighted by molar-refractivity contribution is 7.89. The number of pyridine rings is 1. The normalized spacial score (nSPS) is 11.7. The lowest BCUT2D eigenvalue weighted by molar-refractivity contribution is 0.101. The average Bonchev–Trinajstić information content (AvgIpc) is 3.35. The van der Waals surface area contributed by atoms with Gasteiger partial charge in [-0.2, -0.15) is 5.10 Å². The van der Waals surface area contributed by atoms with E-state index >= 15 is 0 Å². The molecule has 0 fully saturated rings. The molecule has 1 amide bonds. The molecule has 5 rings (SSSR count). The first kappa shape index (κ1) is 24.4. The number of benzene rings is 3. The molecule has 0 unspecified atom stereocenters. The van der Waals surface area contributed by atoms with Gasteiger partial charge in [0.2, 0.25) is 10.0 Å². The number of carbonyl (C=O) groups excluding carboxylic acids is 1. The number of sulfonamides is 1. The first-order valence-corrected chi connectivity index (χ1v) is 13.2. The van der Waals surface area contributed by atoms with Crippen LogP contribution in [0.15, 0.2) is 96.2 Å². The molecular weight excluding hydrogens is 486 g/mol. The zero-order chi connectivity index (χ0) is 26.2. The molecule has 0 saturated heterocycles. The molecule has 3 N–H and O–H groups in total. The highest BCUT2D eigenvalue weighted by Gasteiger charge is 2.19. The number of hydrogen-bond acceptors (Lipinski definition) is 5. The highest BCUT2D eigenvalue weighted by Crippen LogP contribution is 2.28. The maximum atomic E-state index is 13.4. The van der Waals surface area contributed by atoms with Gasteiger partial charge in [0.15, 0.2) is 0 Å². The molecule has 0 spiro atoms. The lowest BCUT2D eigenvalue weighted by Gasteiger charge is -2.11. The van der Waals surface area contributed by atoms with Crippen molar-refractivity contribution < 1.29 is 13.2 Å². The van der Waals surface area contributed by atoms with Crippen molar-refractivity contribution in [2.24, 2.45) is 5.14 Å². The van der Waals surface area contributed by atoms with Crippen molar-refractivity contribution in [2.45, 2.75) is 24.7 Å². The summed E-state index contributed by atoms with van der Waals surface area (Å²) in [5.41, 5.74) is 3.67. The summed E-state index contributed by atoms with van der Waals surface area (Å²) >= 11 is 0. The summed E-state index contributed by atoms with van der Waals surface area (Å²) in [6, 6.07) is 23.0. The molecule has 8 nitrogen and oxygen atoms in total. The quantitative estimate of drug-likeness (QED) is 0.328. The fraction of sp³-hybridized carbons (Fsp3) is 0.107. The number of nitrogens with one attached hydrogen (secondary N) is 1. The Bertz CT molecular complexity index is 1720. The standard InChI is InChI=1S/C28H25N5O3S/c1-18(2)25-16-26(33(32-25)23-12-9-19-13-14-30-17-21(19)15-23)28(34)31-22-10-7-20(8-11-22)24-5-3-4-6-27(24)37(29,35)36/h3-18H,1-2H3,(H,31,34)(H2,29,35,36). The molecule has 0 aliphatic carbocycles. The maximum absolute atomic E-state index is 13.4. The van der Waals surface area contributed by atoms with Crippen molar-refractivity contribution in [3.63, 3.8) is 0 Å². The van der Waals surface area contributed by atoms with Gasteiger partial charge in [-0.1, -0.05) is 50.2 Å². The fourth-order valence-electron chi connectivity index (χ4n) is 4.13. The second-order valence-corrected chi connectivity index (χ2v) is 10.5. The second kappa shape index (κ2) is 9.61. The van der Waals surface area contributed by atoms with E-state index in [4.69, 9.17) is 10.2 Å². The molecule has 0 bridgehead atoms. The van der Waals surface area contributed by atoms with E-state index in [1.807, 2.05) is 38.1 Å². The van der Waals surface area contributed by atoms with Gasteiger partial charge in [-0.25, -0.2) is 18.2 Å². The minimum absolute atomic E-state index is 0.0440. The molecule has 0 saturated carbocycles. The Morgan fingerprint density at radius 3 is 2.43 bits per heavy atom. The summed E-state index contributed by atoms with van der Waals surface area (Å²) in [6.07, 6.45) is 3.52. The first-order chi connectivity index (χ1) is 17.7. The Labute approximate surface area is 214 Å². The van der Waals surface area contributed by atoms with Crippen molar-refractivity contribution in [3.05, 3.63) is 103 Å². The van der Waals surface area contributed by atoms with Gasteiger partial charge < -0.3 is 5.32 Å². The van der Waals surface area contributed by atoms with Crippen molar-refractivity contribution in [3.8, 4) is 16.8 Å². The third kappa shape index (κ3) is 5.00. The number of fused-ring (bicyclic) bond motifs is 1. The molecule has 2 heterocycles. The van der Waals surface area contributed by atoms with E-state index in [1.54, 1.807) is 65.6 Å². The third-order valence-electron chi connectivity index (χ3n) is 6.07. The molecule has 186 valence electrons. The summed E-state index contributed by atoms with van der Waals surface area (Å²) in [4.78, 5) is 17.6. The largest absolute Gasteiger partial charge is 0.321 e. The summed E-state index contributed by atoms with van der Waals surface area (Å²) in [5, 5.41) is 15.0. The average molecular weight is 512 g/mol. The molecule has 2 aromatic heterocycles. The van der Waals surface area contributed by atoms with E-state index < -0.39 is 10.0 Å². The number of primary sulfonamides is 1. The smallest absolute Gasteiger partial charge is 0.274 e. The third-order valence-corrected chi connectivity index (χ3v) is 7.04. The second-order valence-electron chi connectivity index (χ2n) is 9.00. The minimum atomic E-state index is -3.88. The molecule has 37 heavy (non-hydrogen) atoms. The zero-order valence-electron chi connectivity index (χ0n) is 20.3. The van der Waals surface area contributed by atoms with Crippen molar-refractivity contribution >= 4 is 32.4 Å². The summed E-state index contributed by atoms with van der Waals surface area (Å²) < 4.78 is 25.6. The number of rotatable bonds is 6. The Kier molecular flexibility index (Phi) is 6.32. The van der Waals surface area contributed by atoms with Crippen molar-refractivity contribution in [1.29, 1.82) is 0 Å². The number of aromatic nitrogens is 3. The molecule has 0 aliphatic heterocycles. The summed E-state index contributed by atoms with van der Waals surface area (Å²) in [7, 11) is -3.88. The Morgan fingerprint density at radius 2 is 1.70 bits per heavy atom. The van der Waals surface area contributed by atoms with Crippen LogP contribution < -0.4 is 10.5 Å². The van der Waals surface area contributed by atoms with Crippen LogP contribution in [0.25, 0.3) is 27.6 Å². The van der Waals surface area contributed by atoms with Gasteiger partial charge in [-0.05, 0) is 59.3 Å². The lowest BCUT2D eigenvalue weighted by Crippen LogP contribution is -2.17. The van der Waals surface area contributed by atoms with Crippen LogP contribution >= 0.6 is 0 Å². The number of nitrogens with two attached hydrogens (primary N) is 1. The van der Waals surface area contributed by atoms with Crippen molar-refractivity contribution in [2.75, 3.05) is 5.32 Å². The maximum Gasteiger partial charge on any atom is 0.274 e. The number of anilines is 1. The molecular formula is C28H25N5O3S. The molecule has 5 aromatic rings. The van der Waals surface area contributed by atoms with E-state index in [9.17, 15) is 13.2 Å². The Hall–Kier alpha value is -4.34. The SMILES string of the molecule is CC(C)c1cc(C(=O)Nc2ccc(-c3ccccc3S(N)(=O)=O)cc2)n(-c2ccc3ccncc3c2)n1. The van der Waals surface area contributed by atoms with Crippen LogP contribution in [0.4, 0.5) is 5.69 Å². The lowest BCUT2D eigenvalue weighted by atomic mass is 10.1. The monoisotopic (exact) mass is 511 g/mol. The number of hydrogen-bond donors (Lipinski definition) is 2. The zero-order valence-corrected chi connectivity index (χ0v) is 21.1. The highest BCUT2D eigenvalue weighted by atomic mass is 32.2. The summed E-state index contributed by atoms with van der Waals surface area (Å²) in [5.74, 6) is -0.184. The number of carbonyl (C=O) groups is 1. The van der Waals surface area contributed by atoms with Gasteiger partial charge in [0.1, 0.15) is 5.69 Å². The fourth-order valence-corrected chi connectivity index (χ4v) is 4.89. The summed E-state index contributed by atoms with van der Waals surface area (Å²) in [6.45, 7) is 4.05. The number of nitrogens with zero attached hydrogens (tertiary/aromatic N) is 3. The Morgan fingerprint density at radius 1 is 0.946 bits per heavy atom. The molecule has 3 aromatic carbocycles. The first-order valence-electron chi connectivity index (χ1n) is 11.7. The van der Waals surface area contributed by atoms with Crippen LogP contribution in [0.1, 0.15) is 35.9 Å². The molecule has 9 heteroatoms. The Balaban J connectivity index is 1.46. The van der Waals surface area contributed by atoms with Crippen LogP contribution in [-0.4, -0.2) is 29.1 Å². The van der Waals surface area contributed by atoms with Crippen LogP contribution in [-0.2, 0) is 10.0 Å². The number of amides is 1. The van der Waals surface area contributed by atoms with E-state index in [1.165, 1.54) is 6.07 Å². The van der Waals surface area contributed by atoms with Gasteiger partial charge in [0.05, 0.1) is 16.3 Å². The van der Waals surface area contributed by atoms with Crippen LogP contribution in [0.2, 0.25) is 0 Å². The molecule has 0 radical (unpaired) electrons. The van der Waals surface area contributed by atoms with Crippen LogP contribution in [0.5, 0.6) is 0 Å². The molecule has 0 aliphatic rings. The van der Waals surface area contributed by atoms with E-state index in [0.29, 0.717) is 22.5 Å². The van der Waals surface area contributed by atoms with Gasteiger partial charge in [-0.3, -0.25) is 9.78 Å². The van der Waals surface area contributed by atoms with Crippen LogP contribution in [0.3, 0.4) is 0 Å². The van der Waals surface area contributed by atoms with Crippen molar-refractivity contribution in [1.82, 2.24) is 14.8 Å². The van der Waals surface area contributed by atoms with Gasteiger partial charge >= 0.3 is 0 Å². The van der Waals surface area contributed by atoms with Gasteiger partial charge in [0, 0.05) is 29.0 Å². The van der Waals surface area contributed by atoms with E-state index in [2.05, 4.69) is 10.3 Å². The minimum Gasteiger partial charge on any atom is -0.321 e. The molecule has 0 atom stereocenters. The van der Waals surface area contributed by atoms with Gasteiger partial charge in [0.25, 0.3) is 5.91 Å². The van der Waals surface area contributed by atoms with E-state index in [-0.39, 0.29) is 16.7 Å². The predicted molar refractivity (Wildman–Crippen MR) is 144 cm³/mol.